The van der Waals surface area contributed by atoms with E-state index in [0.717, 1.165) is 34.3 Å². The maximum absolute atomic E-state index is 12.2. The van der Waals surface area contributed by atoms with Gasteiger partial charge in [-0.2, -0.15) is 0 Å². The lowest BCUT2D eigenvalue weighted by molar-refractivity contribution is -0.114. The summed E-state index contributed by atoms with van der Waals surface area (Å²) >= 11 is 8.96. The van der Waals surface area contributed by atoms with Gasteiger partial charge in [-0.3, -0.25) is 4.79 Å². The van der Waals surface area contributed by atoms with Crippen molar-refractivity contribution < 1.29 is 4.79 Å². The Kier molecular flexibility index (Phi) is 5.17. The van der Waals surface area contributed by atoms with E-state index in [0.29, 0.717) is 5.11 Å². The van der Waals surface area contributed by atoms with Crippen LogP contribution in [0.5, 0.6) is 0 Å². The third kappa shape index (κ3) is 3.35. The van der Waals surface area contributed by atoms with Gasteiger partial charge in [0.1, 0.15) is 0 Å². The van der Waals surface area contributed by atoms with Crippen LogP contribution in [0.1, 0.15) is 38.8 Å². The van der Waals surface area contributed by atoms with Crippen LogP contribution in [0.25, 0.3) is 0 Å². The molecule has 1 heterocycles. The van der Waals surface area contributed by atoms with Crippen LogP contribution >= 0.6 is 28.1 Å². The largest absolute Gasteiger partial charge is 0.351 e. The number of nitrogens with one attached hydrogen (secondary N) is 1. The van der Waals surface area contributed by atoms with Crippen LogP contribution in [0.2, 0.25) is 0 Å². The van der Waals surface area contributed by atoms with Crippen molar-refractivity contribution in [3.63, 3.8) is 0 Å². The monoisotopic (exact) mass is 366 g/mol. The Morgan fingerprint density at radius 3 is 2.76 bits per heavy atom. The Bertz CT molecular complexity index is 612. The second-order valence-electron chi connectivity index (χ2n) is 5.14. The number of hydrogen-bond donors (Lipinski definition) is 1. The second-order valence-corrected chi connectivity index (χ2v) is 6.45. The molecule has 112 valence electrons. The van der Waals surface area contributed by atoms with Gasteiger partial charge in [0.05, 0.1) is 6.04 Å². The lowest BCUT2D eigenvalue weighted by Gasteiger charge is -2.37. The van der Waals surface area contributed by atoms with Gasteiger partial charge in [0, 0.05) is 22.3 Å². The number of rotatable bonds is 4. The average molecular weight is 367 g/mol. The molecule has 0 saturated carbocycles. The summed E-state index contributed by atoms with van der Waals surface area (Å²) in [7, 11) is 0. The molecule has 2 rings (SSSR count). The van der Waals surface area contributed by atoms with Crippen LogP contribution in [0.3, 0.4) is 0 Å². The first-order valence-corrected chi connectivity index (χ1v) is 8.21. The third-order valence-electron chi connectivity index (χ3n) is 3.60. The van der Waals surface area contributed by atoms with E-state index in [1.54, 1.807) is 6.92 Å². The van der Waals surface area contributed by atoms with E-state index in [-0.39, 0.29) is 11.8 Å². The zero-order valence-corrected chi connectivity index (χ0v) is 14.8. The maximum atomic E-state index is 12.2. The predicted octanol–water partition coefficient (Wildman–Crippen LogP) is 3.95. The minimum atomic E-state index is -0.180. The first-order valence-electron chi connectivity index (χ1n) is 7.01. The van der Waals surface area contributed by atoms with Crippen molar-refractivity contribution >= 4 is 39.0 Å². The topological polar surface area (TPSA) is 32.3 Å². The third-order valence-corrected chi connectivity index (χ3v) is 4.44. The molecule has 0 saturated heterocycles. The summed E-state index contributed by atoms with van der Waals surface area (Å²) < 4.78 is 0.990. The highest BCUT2D eigenvalue weighted by Gasteiger charge is 2.31. The van der Waals surface area contributed by atoms with Crippen molar-refractivity contribution in [2.24, 2.45) is 0 Å². The Labute approximate surface area is 139 Å². The van der Waals surface area contributed by atoms with E-state index in [4.69, 9.17) is 12.2 Å². The summed E-state index contributed by atoms with van der Waals surface area (Å²) in [4.78, 5) is 14.2. The number of allylic oxidation sites excluding steroid dienone is 1. The SMILES string of the molecule is CCCN1C(=S)NC(c2cccc(Br)c2)C(C(C)=O)=C1C. The molecule has 0 bridgehead atoms. The number of halogens is 1. The predicted molar refractivity (Wildman–Crippen MR) is 93.0 cm³/mol. The molecule has 5 heteroatoms. The summed E-state index contributed by atoms with van der Waals surface area (Å²) in [6.45, 7) is 6.51. The van der Waals surface area contributed by atoms with Crippen LogP contribution in [0, 0.1) is 0 Å². The first kappa shape index (κ1) is 16.2. The fourth-order valence-electron chi connectivity index (χ4n) is 2.67. The summed E-state index contributed by atoms with van der Waals surface area (Å²) in [6, 6.07) is 7.79. The number of thiocarbonyl (C=S) groups is 1. The molecule has 1 aliphatic heterocycles. The summed E-state index contributed by atoms with van der Waals surface area (Å²) in [6.07, 6.45) is 0.978. The van der Waals surface area contributed by atoms with Crippen molar-refractivity contribution in [2.45, 2.75) is 33.2 Å². The molecule has 0 radical (unpaired) electrons. The highest BCUT2D eigenvalue weighted by atomic mass is 79.9. The van der Waals surface area contributed by atoms with Crippen molar-refractivity contribution in [3.05, 3.63) is 45.6 Å². The van der Waals surface area contributed by atoms with Gasteiger partial charge in [0.2, 0.25) is 0 Å². The molecule has 1 aromatic rings. The Balaban J connectivity index is 2.51. The second kappa shape index (κ2) is 6.71. The number of carbonyl (C=O) groups excluding carboxylic acids is 1. The standard InChI is InChI=1S/C16H19BrN2OS/c1-4-8-19-10(2)14(11(3)20)15(18-16(19)21)12-6-5-7-13(17)9-12/h5-7,9,15H,4,8H2,1-3H3,(H,18,21). The molecule has 3 nitrogen and oxygen atoms in total. The van der Waals surface area contributed by atoms with Gasteiger partial charge in [0.25, 0.3) is 0 Å². The highest BCUT2D eigenvalue weighted by Crippen LogP contribution is 2.32. The number of benzene rings is 1. The van der Waals surface area contributed by atoms with Gasteiger partial charge < -0.3 is 10.2 Å². The van der Waals surface area contributed by atoms with E-state index in [1.165, 1.54) is 0 Å². The molecule has 0 spiro atoms. The van der Waals surface area contributed by atoms with Crippen molar-refractivity contribution in [1.29, 1.82) is 0 Å². The zero-order chi connectivity index (χ0) is 15.6. The zero-order valence-electron chi connectivity index (χ0n) is 12.4. The Morgan fingerprint density at radius 2 is 2.19 bits per heavy atom. The molecule has 0 aliphatic carbocycles. The van der Waals surface area contributed by atoms with Crippen LogP contribution < -0.4 is 5.32 Å². The molecule has 0 amide bonds. The number of hydrogen-bond acceptors (Lipinski definition) is 2. The average Bonchev–Trinajstić information content (AvgIpc) is 2.42. The van der Waals surface area contributed by atoms with E-state index >= 15 is 0 Å². The van der Waals surface area contributed by atoms with Crippen molar-refractivity contribution in [1.82, 2.24) is 10.2 Å². The lowest BCUT2D eigenvalue weighted by Crippen LogP contribution is -2.47. The van der Waals surface area contributed by atoms with Crippen molar-refractivity contribution in [3.8, 4) is 0 Å². The van der Waals surface area contributed by atoms with Crippen LogP contribution in [-0.4, -0.2) is 22.3 Å². The summed E-state index contributed by atoms with van der Waals surface area (Å²) in [5.41, 5.74) is 2.78. The first-order chi connectivity index (χ1) is 9.95. The van der Waals surface area contributed by atoms with Crippen LogP contribution in [-0.2, 0) is 4.79 Å². The number of nitrogens with zero attached hydrogens (tertiary/aromatic N) is 1. The van der Waals surface area contributed by atoms with Gasteiger partial charge in [-0.25, -0.2) is 0 Å². The minimum absolute atomic E-state index is 0.0774. The summed E-state index contributed by atoms with van der Waals surface area (Å²) in [5.74, 6) is 0.0774. The van der Waals surface area contributed by atoms with Crippen molar-refractivity contribution in [2.75, 3.05) is 6.54 Å². The van der Waals surface area contributed by atoms with Gasteiger partial charge >= 0.3 is 0 Å². The lowest BCUT2D eigenvalue weighted by atomic mass is 9.92. The molecule has 1 aliphatic rings. The van der Waals surface area contributed by atoms with Crippen LogP contribution in [0.4, 0.5) is 0 Å². The van der Waals surface area contributed by atoms with Gasteiger partial charge in [-0.05, 0) is 50.2 Å². The number of Topliss-reactive ketones (excluding diaryl/α,β-unsaturated/α-hetero) is 1. The van der Waals surface area contributed by atoms with Gasteiger partial charge in [-0.15, -0.1) is 0 Å². The number of carbonyl (C=O) groups is 1. The molecule has 0 fully saturated rings. The fraction of sp³-hybridized carbons (Fsp3) is 0.375. The normalized spacial score (nSPS) is 18.8. The number of ketones is 1. The van der Waals surface area contributed by atoms with Crippen LogP contribution in [0.15, 0.2) is 40.0 Å². The molecular formula is C16H19BrN2OS. The fourth-order valence-corrected chi connectivity index (χ4v) is 3.43. The van der Waals surface area contributed by atoms with Gasteiger partial charge in [0.15, 0.2) is 10.9 Å². The van der Waals surface area contributed by atoms with E-state index in [1.807, 2.05) is 36.1 Å². The minimum Gasteiger partial charge on any atom is -0.351 e. The van der Waals surface area contributed by atoms with E-state index in [2.05, 4.69) is 28.2 Å². The molecule has 0 aromatic heterocycles. The Hall–Kier alpha value is -1.20. The maximum Gasteiger partial charge on any atom is 0.173 e. The Morgan fingerprint density at radius 1 is 1.48 bits per heavy atom. The quantitative estimate of drug-likeness (QED) is 0.817. The summed E-state index contributed by atoms with van der Waals surface area (Å²) in [5, 5.41) is 4.00. The smallest absolute Gasteiger partial charge is 0.173 e. The molecule has 1 unspecified atom stereocenters. The molecule has 21 heavy (non-hydrogen) atoms. The molecule has 1 atom stereocenters. The molecule has 1 aromatic carbocycles. The molecular weight excluding hydrogens is 348 g/mol. The highest BCUT2D eigenvalue weighted by molar-refractivity contribution is 9.10. The van der Waals surface area contributed by atoms with E-state index in [9.17, 15) is 4.79 Å². The molecule has 1 N–H and O–H groups in total. The van der Waals surface area contributed by atoms with E-state index < -0.39 is 0 Å². The van der Waals surface area contributed by atoms with Gasteiger partial charge in [-0.1, -0.05) is 35.0 Å².